The van der Waals surface area contributed by atoms with Crippen LogP contribution >= 0.6 is 0 Å². The summed E-state index contributed by atoms with van der Waals surface area (Å²) in [6.45, 7) is 8.89. The molecule has 178 valence electrons. The Balaban J connectivity index is 2.54. The Morgan fingerprint density at radius 2 is 1.69 bits per heavy atom. The van der Waals surface area contributed by atoms with Crippen molar-refractivity contribution in [3.05, 3.63) is 35.9 Å². The zero-order chi connectivity index (χ0) is 24.2. The lowest BCUT2D eigenvalue weighted by Gasteiger charge is -2.30. The lowest BCUT2D eigenvalue weighted by molar-refractivity contribution is -0.150. The number of benzene rings is 1. The number of esters is 1. The molecule has 0 aliphatic carbocycles. The zero-order valence-corrected chi connectivity index (χ0v) is 19.4. The van der Waals surface area contributed by atoms with Gasteiger partial charge in [-0.3, -0.25) is 10.3 Å². The highest BCUT2D eigenvalue weighted by Crippen LogP contribution is 2.17. The van der Waals surface area contributed by atoms with Gasteiger partial charge in [0, 0.05) is 6.54 Å². The summed E-state index contributed by atoms with van der Waals surface area (Å²) in [6, 6.07) is 9.21. The summed E-state index contributed by atoms with van der Waals surface area (Å²) in [5.41, 5.74) is 4.54. The van der Waals surface area contributed by atoms with Gasteiger partial charge in [-0.15, -0.1) is 0 Å². The number of amides is 2. The van der Waals surface area contributed by atoms with Crippen molar-refractivity contribution in [3.63, 3.8) is 0 Å². The molecule has 0 aliphatic heterocycles. The minimum Gasteiger partial charge on any atom is -0.464 e. The van der Waals surface area contributed by atoms with Crippen LogP contribution in [0.25, 0.3) is 0 Å². The molecule has 2 amide bonds. The monoisotopic (exact) mass is 450 g/mol. The summed E-state index contributed by atoms with van der Waals surface area (Å²) >= 11 is 0. The second-order valence-electron chi connectivity index (χ2n) is 8.24. The molecule has 0 fully saturated rings. The van der Waals surface area contributed by atoms with E-state index in [4.69, 9.17) is 19.9 Å². The van der Waals surface area contributed by atoms with Crippen LogP contribution in [-0.4, -0.2) is 48.4 Å². The second-order valence-corrected chi connectivity index (χ2v) is 8.24. The van der Waals surface area contributed by atoms with Crippen LogP contribution in [-0.2, 0) is 25.6 Å². The first-order valence-electron chi connectivity index (χ1n) is 10.4. The molecule has 0 spiro atoms. The van der Waals surface area contributed by atoms with Crippen molar-refractivity contribution in [2.75, 3.05) is 13.2 Å². The molecule has 0 radical (unpaired) electrons. The van der Waals surface area contributed by atoms with Crippen molar-refractivity contribution in [2.45, 2.75) is 65.2 Å². The summed E-state index contributed by atoms with van der Waals surface area (Å²) in [4.78, 5) is 40.4. The highest BCUT2D eigenvalue weighted by molar-refractivity contribution is 5.92. The molecule has 32 heavy (non-hydrogen) atoms. The molecule has 0 saturated heterocycles. The molecule has 10 nitrogen and oxygen atoms in total. The molecule has 1 aromatic rings. The first-order chi connectivity index (χ1) is 14.9. The molecular formula is C22H34N4O6. The van der Waals surface area contributed by atoms with E-state index in [9.17, 15) is 14.4 Å². The number of nitrogens with two attached hydrogens (primary N) is 1. The molecule has 0 bridgehead atoms. The van der Waals surface area contributed by atoms with E-state index >= 15 is 0 Å². The van der Waals surface area contributed by atoms with E-state index in [-0.39, 0.29) is 32.1 Å². The van der Waals surface area contributed by atoms with Gasteiger partial charge in [0.15, 0.2) is 5.96 Å². The van der Waals surface area contributed by atoms with Gasteiger partial charge in [0.05, 0.1) is 6.61 Å². The molecule has 1 atom stereocenters. The van der Waals surface area contributed by atoms with Gasteiger partial charge >= 0.3 is 18.2 Å². The molecule has 1 rings (SSSR count). The van der Waals surface area contributed by atoms with Gasteiger partial charge in [-0.25, -0.2) is 14.4 Å². The van der Waals surface area contributed by atoms with Crippen LogP contribution in [0.2, 0.25) is 0 Å². The minimum atomic E-state index is -1.30. The van der Waals surface area contributed by atoms with Gasteiger partial charge in [0.1, 0.15) is 17.7 Å². The van der Waals surface area contributed by atoms with Crippen LogP contribution in [0.1, 0.15) is 53.0 Å². The maximum Gasteiger partial charge on any atom is 0.414 e. The highest BCUT2D eigenvalue weighted by Gasteiger charge is 2.37. The number of guanidine groups is 1. The van der Waals surface area contributed by atoms with Gasteiger partial charge < -0.3 is 25.3 Å². The van der Waals surface area contributed by atoms with Crippen molar-refractivity contribution in [3.8, 4) is 0 Å². The number of hydrogen-bond donors (Lipinski definition) is 3. The number of hydrogen-bond acceptors (Lipinski definition) is 7. The number of nitrogens with one attached hydrogen (secondary N) is 2. The third kappa shape index (κ3) is 10.6. The van der Waals surface area contributed by atoms with Crippen molar-refractivity contribution < 1.29 is 28.6 Å². The Morgan fingerprint density at radius 3 is 2.28 bits per heavy atom. The lowest BCUT2D eigenvalue weighted by Crippen LogP contribution is -2.54. The smallest absolute Gasteiger partial charge is 0.414 e. The predicted octanol–water partition coefficient (Wildman–Crippen LogP) is 2.85. The van der Waals surface area contributed by atoms with Gasteiger partial charge in [-0.1, -0.05) is 30.3 Å². The topological polar surface area (TPSA) is 141 Å². The van der Waals surface area contributed by atoms with E-state index in [0.717, 1.165) is 5.56 Å². The largest absolute Gasteiger partial charge is 0.464 e. The molecule has 4 N–H and O–H groups in total. The third-order valence-electron chi connectivity index (χ3n) is 4.06. The zero-order valence-electron chi connectivity index (χ0n) is 19.4. The number of aliphatic imine (C=N–C) groups is 1. The van der Waals surface area contributed by atoms with E-state index in [0.29, 0.717) is 6.42 Å². The molecule has 0 heterocycles. The summed E-state index contributed by atoms with van der Waals surface area (Å²) in [7, 11) is 0. The predicted molar refractivity (Wildman–Crippen MR) is 120 cm³/mol. The molecule has 0 aromatic heterocycles. The summed E-state index contributed by atoms with van der Waals surface area (Å²) in [5, 5.41) is 4.92. The standard InChI is InChI=1S/C22H34N4O6/c1-6-30-17(27)22(5,26-20(29)32-21(2,3)4)13-10-14-24-18(23)25-19(28)31-15-16-11-8-7-9-12-16/h7-9,11-12H,6,10,13-15H2,1-5H3,(H,26,29)(H3,23,24,25,28). The van der Waals surface area contributed by atoms with Gasteiger partial charge in [0.25, 0.3) is 0 Å². The maximum atomic E-state index is 12.4. The molecule has 1 aromatic carbocycles. The lowest BCUT2D eigenvalue weighted by atomic mass is 9.96. The van der Waals surface area contributed by atoms with Crippen LogP contribution in [0.3, 0.4) is 0 Å². The first-order valence-corrected chi connectivity index (χ1v) is 10.4. The van der Waals surface area contributed by atoms with Crippen molar-refractivity contribution in [1.29, 1.82) is 0 Å². The van der Waals surface area contributed by atoms with Crippen LogP contribution in [0, 0.1) is 0 Å². The molecule has 0 aliphatic rings. The van der Waals surface area contributed by atoms with Gasteiger partial charge in [-0.05, 0) is 53.0 Å². The molecule has 1 unspecified atom stereocenters. The van der Waals surface area contributed by atoms with E-state index in [1.54, 1.807) is 34.6 Å². The van der Waals surface area contributed by atoms with Crippen LogP contribution in [0.15, 0.2) is 35.3 Å². The van der Waals surface area contributed by atoms with Crippen LogP contribution in [0.5, 0.6) is 0 Å². The fourth-order valence-electron chi connectivity index (χ4n) is 2.57. The maximum absolute atomic E-state index is 12.4. The van der Waals surface area contributed by atoms with Crippen molar-refractivity contribution in [2.24, 2.45) is 10.7 Å². The van der Waals surface area contributed by atoms with E-state index in [1.807, 2.05) is 30.3 Å². The van der Waals surface area contributed by atoms with Gasteiger partial charge in [-0.2, -0.15) is 0 Å². The Morgan fingerprint density at radius 1 is 1.03 bits per heavy atom. The molecule has 10 heteroatoms. The second kappa shape index (κ2) is 12.5. The Labute approximate surface area is 188 Å². The average molecular weight is 451 g/mol. The summed E-state index contributed by atoms with van der Waals surface area (Å²) < 4.78 is 15.4. The number of carbonyl (C=O) groups is 3. The average Bonchev–Trinajstić information content (AvgIpc) is 2.69. The molecule has 0 saturated carbocycles. The first kappa shape index (κ1) is 26.7. The fourth-order valence-corrected chi connectivity index (χ4v) is 2.57. The third-order valence-corrected chi connectivity index (χ3v) is 4.06. The van der Waals surface area contributed by atoms with Crippen molar-refractivity contribution >= 4 is 24.1 Å². The quantitative estimate of drug-likeness (QED) is 0.173. The van der Waals surface area contributed by atoms with Crippen LogP contribution < -0.4 is 16.4 Å². The number of alkyl carbamates (subject to hydrolysis) is 2. The van der Waals surface area contributed by atoms with E-state index in [1.165, 1.54) is 0 Å². The van der Waals surface area contributed by atoms with Gasteiger partial charge in [0.2, 0.25) is 0 Å². The van der Waals surface area contributed by atoms with E-state index < -0.39 is 29.3 Å². The summed E-state index contributed by atoms with van der Waals surface area (Å²) in [6.07, 6.45) is -0.843. The Bertz CT molecular complexity index is 791. The van der Waals surface area contributed by atoms with Crippen LogP contribution in [0.4, 0.5) is 9.59 Å². The normalized spacial score (nSPS) is 13.5. The Kier molecular flexibility index (Phi) is 10.5. The fraction of sp³-hybridized carbons (Fsp3) is 0.545. The number of carbonyl (C=O) groups excluding carboxylic acids is 3. The highest BCUT2D eigenvalue weighted by atomic mass is 16.6. The Hall–Kier alpha value is -3.30. The van der Waals surface area contributed by atoms with Crippen molar-refractivity contribution in [1.82, 2.24) is 10.6 Å². The minimum absolute atomic E-state index is 0.105. The molecular weight excluding hydrogens is 416 g/mol. The van der Waals surface area contributed by atoms with E-state index in [2.05, 4.69) is 15.6 Å². The summed E-state index contributed by atoms with van der Waals surface area (Å²) in [5.74, 6) is -0.688. The SMILES string of the molecule is CCOC(=O)C(C)(CCCN=C(N)NC(=O)OCc1ccccc1)NC(=O)OC(C)(C)C. The number of nitrogens with zero attached hydrogens (tertiary/aromatic N) is 1. The number of ether oxygens (including phenoxy) is 3. The number of rotatable bonds is 9.